The van der Waals surface area contributed by atoms with Crippen molar-refractivity contribution in [1.29, 1.82) is 0 Å². The number of rotatable bonds is 6. The van der Waals surface area contributed by atoms with E-state index in [4.69, 9.17) is 0 Å². The van der Waals surface area contributed by atoms with Gasteiger partial charge in [0.15, 0.2) is 11.0 Å². The van der Waals surface area contributed by atoms with Crippen LogP contribution < -0.4 is 5.32 Å². The van der Waals surface area contributed by atoms with Crippen molar-refractivity contribution in [3.63, 3.8) is 0 Å². The molecule has 0 radical (unpaired) electrons. The molecule has 0 saturated heterocycles. The molecule has 5 nitrogen and oxygen atoms in total. The lowest BCUT2D eigenvalue weighted by molar-refractivity contribution is -0.115. The first-order valence-corrected chi connectivity index (χ1v) is 10.5. The van der Waals surface area contributed by atoms with Crippen LogP contribution in [0, 0.1) is 0 Å². The molecule has 0 aliphatic heterocycles. The predicted molar refractivity (Wildman–Crippen MR) is 119 cm³/mol. The summed E-state index contributed by atoms with van der Waals surface area (Å²) in [6, 6.07) is 24.0. The van der Waals surface area contributed by atoms with E-state index in [1.807, 2.05) is 78.2 Å². The first-order valence-electron chi connectivity index (χ1n) is 9.60. The van der Waals surface area contributed by atoms with Crippen molar-refractivity contribution in [3.8, 4) is 11.4 Å². The molecule has 0 bridgehead atoms. The smallest absolute Gasteiger partial charge is 0.237 e. The van der Waals surface area contributed by atoms with Crippen molar-refractivity contribution in [2.45, 2.75) is 30.8 Å². The van der Waals surface area contributed by atoms with Crippen molar-refractivity contribution in [3.05, 3.63) is 72.8 Å². The minimum atomic E-state index is -0.306. The maximum absolute atomic E-state index is 12.7. The Balaban J connectivity index is 1.49. The van der Waals surface area contributed by atoms with E-state index in [1.54, 1.807) is 0 Å². The number of hydrogen-bond donors (Lipinski definition) is 1. The lowest BCUT2D eigenvalue weighted by Gasteiger charge is -2.13. The molecule has 1 atom stereocenters. The van der Waals surface area contributed by atoms with Crippen molar-refractivity contribution in [2.24, 2.45) is 0 Å². The summed E-state index contributed by atoms with van der Waals surface area (Å²) >= 11 is 1.42. The van der Waals surface area contributed by atoms with Crippen LogP contribution in [0.3, 0.4) is 0 Å². The topological polar surface area (TPSA) is 59.8 Å². The molecule has 6 heteroatoms. The highest BCUT2D eigenvalue weighted by Gasteiger charge is 2.20. The second-order valence-electron chi connectivity index (χ2n) is 6.73. The van der Waals surface area contributed by atoms with E-state index in [0.29, 0.717) is 0 Å². The number of nitrogens with zero attached hydrogens (tertiary/aromatic N) is 3. The van der Waals surface area contributed by atoms with E-state index in [-0.39, 0.29) is 11.2 Å². The summed E-state index contributed by atoms with van der Waals surface area (Å²) in [7, 11) is 0. The SMILES string of the molecule is CCn1c(S[C@@H](C)C(=O)Nc2ccc3ccccc3c2)nnc1-c1ccccc1. The van der Waals surface area contributed by atoms with Crippen LogP contribution in [0.1, 0.15) is 13.8 Å². The standard InChI is InChI=1S/C23H22N4OS/c1-3-27-21(18-10-5-4-6-11-18)25-26-23(27)29-16(2)22(28)24-20-14-13-17-9-7-8-12-19(17)15-20/h4-16H,3H2,1-2H3,(H,24,28)/t16-/m0/s1. The number of fused-ring (bicyclic) bond motifs is 1. The summed E-state index contributed by atoms with van der Waals surface area (Å²) in [5, 5.41) is 14.4. The zero-order chi connectivity index (χ0) is 20.2. The van der Waals surface area contributed by atoms with Gasteiger partial charge < -0.3 is 9.88 Å². The van der Waals surface area contributed by atoms with Crippen LogP contribution in [0.2, 0.25) is 0 Å². The van der Waals surface area contributed by atoms with Crippen LogP contribution in [0.4, 0.5) is 5.69 Å². The highest BCUT2D eigenvalue weighted by atomic mass is 32.2. The largest absolute Gasteiger partial charge is 0.325 e. The summed E-state index contributed by atoms with van der Waals surface area (Å²) in [6.45, 7) is 4.68. The predicted octanol–water partition coefficient (Wildman–Crippen LogP) is 5.24. The van der Waals surface area contributed by atoms with E-state index in [2.05, 4.69) is 28.5 Å². The molecule has 0 unspecified atom stereocenters. The van der Waals surface area contributed by atoms with Crippen LogP contribution in [0.15, 0.2) is 78.0 Å². The molecule has 1 aromatic heterocycles. The maximum Gasteiger partial charge on any atom is 0.237 e. The molecule has 0 aliphatic rings. The molecule has 0 aliphatic carbocycles. The number of amides is 1. The highest BCUT2D eigenvalue weighted by Crippen LogP contribution is 2.27. The zero-order valence-corrected chi connectivity index (χ0v) is 17.2. The van der Waals surface area contributed by atoms with Gasteiger partial charge >= 0.3 is 0 Å². The Kier molecular flexibility index (Phi) is 5.62. The number of carbonyl (C=O) groups is 1. The number of anilines is 1. The normalized spacial score (nSPS) is 12.1. The Bertz CT molecular complexity index is 1140. The van der Waals surface area contributed by atoms with Crippen LogP contribution >= 0.6 is 11.8 Å². The molecule has 3 aromatic carbocycles. The summed E-state index contributed by atoms with van der Waals surface area (Å²) in [4.78, 5) is 12.7. The number of aromatic nitrogens is 3. The molecule has 4 rings (SSSR count). The minimum Gasteiger partial charge on any atom is -0.325 e. The van der Waals surface area contributed by atoms with Gasteiger partial charge in [-0.2, -0.15) is 0 Å². The molecule has 0 fully saturated rings. The van der Waals surface area contributed by atoms with Crippen LogP contribution in [-0.2, 0) is 11.3 Å². The van der Waals surface area contributed by atoms with Gasteiger partial charge in [0.2, 0.25) is 5.91 Å². The van der Waals surface area contributed by atoms with E-state index in [1.165, 1.54) is 11.8 Å². The molecule has 0 saturated carbocycles. The third-order valence-electron chi connectivity index (χ3n) is 4.73. The number of nitrogens with one attached hydrogen (secondary N) is 1. The van der Waals surface area contributed by atoms with E-state index in [9.17, 15) is 4.79 Å². The average Bonchev–Trinajstić information content (AvgIpc) is 3.16. The first-order chi connectivity index (χ1) is 14.2. The molecular weight excluding hydrogens is 380 g/mol. The van der Waals surface area contributed by atoms with Crippen molar-refractivity contribution < 1.29 is 4.79 Å². The minimum absolute atomic E-state index is 0.0582. The van der Waals surface area contributed by atoms with Gasteiger partial charge in [-0.05, 0) is 36.8 Å². The number of carbonyl (C=O) groups excluding carboxylic acids is 1. The van der Waals surface area contributed by atoms with Gasteiger partial charge in [-0.15, -0.1) is 10.2 Å². The van der Waals surface area contributed by atoms with Gasteiger partial charge in [0, 0.05) is 17.8 Å². The average molecular weight is 403 g/mol. The van der Waals surface area contributed by atoms with Crippen LogP contribution in [0.25, 0.3) is 22.2 Å². The van der Waals surface area contributed by atoms with Gasteiger partial charge in [-0.25, -0.2) is 0 Å². The first kappa shape index (κ1) is 19.2. The van der Waals surface area contributed by atoms with Gasteiger partial charge in [0.25, 0.3) is 0 Å². The Hall–Kier alpha value is -3.12. The third kappa shape index (κ3) is 4.17. The second kappa shape index (κ2) is 8.49. The molecule has 146 valence electrons. The van der Waals surface area contributed by atoms with Crippen LogP contribution in [0.5, 0.6) is 0 Å². The third-order valence-corrected chi connectivity index (χ3v) is 5.81. The highest BCUT2D eigenvalue weighted by molar-refractivity contribution is 8.00. The lowest BCUT2D eigenvalue weighted by Crippen LogP contribution is -2.22. The number of benzene rings is 3. The summed E-state index contributed by atoms with van der Waals surface area (Å²) in [6.07, 6.45) is 0. The van der Waals surface area contributed by atoms with Crippen molar-refractivity contribution >= 4 is 34.1 Å². The van der Waals surface area contributed by atoms with Gasteiger partial charge in [-0.1, -0.05) is 72.4 Å². The zero-order valence-electron chi connectivity index (χ0n) is 16.4. The van der Waals surface area contributed by atoms with E-state index >= 15 is 0 Å². The molecular formula is C23H22N4OS. The summed E-state index contributed by atoms with van der Waals surface area (Å²) in [5.74, 6) is 0.759. The molecule has 1 heterocycles. The Morgan fingerprint density at radius 3 is 2.48 bits per heavy atom. The van der Waals surface area contributed by atoms with Gasteiger partial charge in [0.05, 0.1) is 5.25 Å². The number of thioether (sulfide) groups is 1. The Labute approximate surface area is 174 Å². The second-order valence-corrected chi connectivity index (χ2v) is 8.04. The lowest BCUT2D eigenvalue weighted by atomic mass is 10.1. The van der Waals surface area contributed by atoms with E-state index < -0.39 is 0 Å². The Morgan fingerprint density at radius 2 is 1.72 bits per heavy atom. The summed E-state index contributed by atoms with van der Waals surface area (Å²) < 4.78 is 2.04. The fourth-order valence-electron chi connectivity index (χ4n) is 3.18. The van der Waals surface area contributed by atoms with Gasteiger partial charge in [0.1, 0.15) is 0 Å². The monoisotopic (exact) mass is 402 g/mol. The maximum atomic E-state index is 12.7. The van der Waals surface area contributed by atoms with Crippen LogP contribution in [-0.4, -0.2) is 25.9 Å². The quantitative estimate of drug-likeness (QED) is 0.448. The fraction of sp³-hybridized carbons (Fsp3) is 0.174. The molecule has 29 heavy (non-hydrogen) atoms. The molecule has 0 spiro atoms. The summed E-state index contributed by atoms with van der Waals surface area (Å²) in [5.41, 5.74) is 1.81. The molecule has 1 amide bonds. The fourth-order valence-corrected chi connectivity index (χ4v) is 4.10. The molecule has 1 N–H and O–H groups in total. The number of hydrogen-bond acceptors (Lipinski definition) is 4. The van der Waals surface area contributed by atoms with Crippen molar-refractivity contribution in [2.75, 3.05) is 5.32 Å². The van der Waals surface area contributed by atoms with Gasteiger partial charge in [-0.3, -0.25) is 4.79 Å². The van der Waals surface area contributed by atoms with Crippen molar-refractivity contribution in [1.82, 2.24) is 14.8 Å². The van der Waals surface area contributed by atoms with E-state index in [0.717, 1.165) is 39.5 Å². The Morgan fingerprint density at radius 1 is 1.00 bits per heavy atom. The molecule has 4 aromatic rings.